The molecule has 1 N–H and O–H groups in total. The van der Waals surface area contributed by atoms with Gasteiger partial charge < -0.3 is 0 Å². The van der Waals surface area contributed by atoms with Crippen LogP contribution in [0.25, 0.3) is 5.69 Å². The summed E-state index contributed by atoms with van der Waals surface area (Å²) in [5.41, 5.74) is -0.929. The molecule has 18 heavy (non-hydrogen) atoms. The molecular weight excluding hydrogens is 294 g/mol. The maximum absolute atomic E-state index is 12.3. The molecule has 0 aliphatic rings. The molecular formula is C9H4Cl2F3N3O. The quantitative estimate of drug-likeness (QED) is 0.880. The minimum Gasteiger partial charge on any atom is -0.285 e. The molecule has 0 bridgehead atoms. The van der Waals surface area contributed by atoms with Crippen molar-refractivity contribution in [1.82, 2.24) is 14.8 Å². The zero-order valence-corrected chi connectivity index (χ0v) is 9.94. The number of alkyl halides is 3. The highest BCUT2D eigenvalue weighted by atomic mass is 35.5. The second-order valence-corrected chi connectivity index (χ2v) is 4.10. The van der Waals surface area contributed by atoms with Gasteiger partial charge in [0.1, 0.15) is 0 Å². The van der Waals surface area contributed by atoms with Gasteiger partial charge in [0.25, 0.3) is 0 Å². The van der Waals surface area contributed by atoms with Gasteiger partial charge in [0, 0.05) is 0 Å². The number of nitrogens with one attached hydrogen (secondary N) is 1. The number of hydrogen-bond acceptors (Lipinski definition) is 2. The molecule has 0 spiro atoms. The molecule has 0 saturated heterocycles. The van der Waals surface area contributed by atoms with Crippen molar-refractivity contribution in [3.05, 3.63) is 44.6 Å². The monoisotopic (exact) mass is 297 g/mol. The number of H-pyrrole nitrogens is 1. The van der Waals surface area contributed by atoms with Crippen molar-refractivity contribution in [2.24, 2.45) is 0 Å². The minimum absolute atomic E-state index is 0.0844. The third-order valence-corrected chi connectivity index (χ3v) is 2.77. The lowest BCUT2D eigenvalue weighted by molar-refractivity contribution is -0.144. The average molecular weight is 298 g/mol. The molecule has 0 unspecified atom stereocenters. The Balaban J connectivity index is 2.55. The Kier molecular flexibility index (Phi) is 3.12. The first kappa shape index (κ1) is 13.0. The molecule has 0 atom stereocenters. The first-order valence-electron chi connectivity index (χ1n) is 4.51. The lowest BCUT2D eigenvalue weighted by Crippen LogP contribution is -2.15. The van der Waals surface area contributed by atoms with Crippen LogP contribution in [0.3, 0.4) is 0 Å². The second kappa shape index (κ2) is 4.33. The predicted molar refractivity (Wildman–Crippen MR) is 59.2 cm³/mol. The summed E-state index contributed by atoms with van der Waals surface area (Å²) in [6.45, 7) is 0. The van der Waals surface area contributed by atoms with Crippen LogP contribution in [0.1, 0.15) is 5.82 Å². The van der Waals surface area contributed by atoms with Crippen molar-refractivity contribution in [2.75, 3.05) is 0 Å². The molecule has 96 valence electrons. The number of aromatic amines is 1. The van der Waals surface area contributed by atoms with E-state index in [0.717, 1.165) is 0 Å². The first-order chi connectivity index (χ1) is 8.29. The lowest BCUT2D eigenvalue weighted by Gasteiger charge is -2.02. The van der Waals surface area contributed by atoms with E-state index in [4.69, 9.17) is 23.2 Å². The smallest absolute Gasteiger partial charge is 0.285 e. The molecule has 0 fully saturated rings. The SMILES string of the molecule is O=c1[nH]c(C(F)(F)F)nn1-c1ccc(Cl)c(Cl)c1. The second-order valence-electron chi connectivity index (χ2n) is 3.29. The van der Waals surface area contributed by atoms with E-state index in [2.05, 4.69) is 5.10 Å². The van der Waals surface area contributed by atoms with Crippen LogP contribution in [0.5, 0.6) is 0 Å². The van der Waals surface area contributed by atoms with Crippen LogP contribution in [-0.4, -0.2) is 14.8 Å². The highest BCUT2D eigenvalue weighted by Crippen LogP contribution is 2.26. The van der Waals surface area contributed by atoms with Crippen molar-refractivity contribution in [3.8, 4) is 5.69 Å². The van der Waals surface area contributed by atoms with Crippen molar-refractivity contribution in [1.29, 1.82) is 0 Å². The highest BCUT2D eigenvalue weighted by Gasteiger charge is 2.36. The van der Waals surface area contributed by atoms with Crippen molar-refractivity contribution in [3.63, 3.8) is 0 Å². The largest absolute Gasteiger partial charge is 0.451 e. The van der Waals surface area contributed by atoms with Crippen molar-refractivity contribution in [2.45, 2.75) is 6.18 Å². The van der Waals surface area contributed by atoms with Crippen molar-refractivity contribution >= 4 is 23.2 Å². The zero-order valence-electron chi connectivity index (χ0n) is 8.42. The topological polar surface area (TPSA) is 50.7 Å². The molecule has 0 amide bonds. The van der Waals surface area contributed by atoms with Gasteiger partial charge in [-0.1, -0.05) is 23.2 Å². The summed E-state index contributed by atoms with van der Waals surface area (Å²) in [5.74, 6) is -1.38. The van der Waals surface area contributed by atoms with E-state index in [0.29, 0.717) is 4.68 Å². The molecule has 0 aliphatic heterocycles. The van der Waals surface area contributed by atoms with Crippen LogP contribution >= 0.6 is 23.2 Å². The Bertz CT molecular complexity index is 647. The van der Waals surface area contributed by atoms with Crippen molar-refractivity contribution < 1.29 is 13.2 Å². The molecule has 1 aromatic carbocycles. The maximum Gasteiger partial charge on any atom is 0.451 e. The molecule has 0 radical (unpaired) electrons. The summed E-state index contributed by atoms with van der Waals surface area (Å²) in [5, 5.41) is 3.48. The van der Waals surface area contributed by atoms with Gasteiger partial charge in [-0.25, -0.2) is 4.79 Å². The van der Waals surface area contributed by atoms with Crippen LogP contribution < -0.4 is 5.69 Å². The van der Waals surface area contributed by atoms with Crippen LogP contribution in [0.2, 0.25) is 10.0 Å². The van der Waals surface area contributed by atoms with Crippen LogP contribution in [0.15, 0.2) is 23.0 Å². The summed E-state index contributed by atoms with van der Waals surface area (Å²) in [4.78, 5) is 13.0. The maximum atomic E-state index is 12.3. The Labute approximate surface area is 108 Å². The highest BCUT2D eigenvalue weighted by molar-refractivity contribution is 6.42. The Morgan fingerprint density at radius 3 is 2.39 bits per heavy atom. The Hall–Kier alpha value is -1.47. The van der Waals surface area contributed by atoms with E-state index in [1.807, 2.05) is 0 Å². The predicted octanol–water partition coefficient (Wildman–Crippen LogP) is 2.89. The number of benzene rings is 1. The number of nitrogens with zero attached hydrogens (tertiary/aromatic N) is 2. The molecule has 1 heterocycles. The van der Waals surface area contributed by atoms with Gasteiger partial charge in [-0.3, -0.25) is 4.98 Å². The molecule has 4 nitrogen and oxygen atoms in total. The third-order valence-electron chi connectivity index (χ3n) is 2.03. The van der Waals surface area contributed by atoms with Gasteiger partial charge in [0.2, 0.25) is 5.82 Å². The number of rotatable bonds is 1. The molecule has 9 heteroatoms. The van der Waals surface area contributed by atoms with E-state index in [9.17, 15) is 18.0 Å². The van der Waals surface area contributed by atoms with E-state index in [1.54, 1.807) is 4.98 Å². The summed E-state index contributed by atoms with van der Waals surface area (Å²) in [6, 6.07) is 3.93. The van der Waals surface area contributed by atoms with Gasteiger partial charge in [-0.05, 0) is 18.2 Å². The molecule has 2 rings (SSSR count). The molecule has 0 aliphatic carbocycles. The van der Waals surface area contributed by atoms with E-state index in [-0.39, 0.29) is 15.7 Å². The zero-order chi connectivity index (χ0) is 13.5. The fourth-order valence-electron chi connectivity index (χ4n) is 1.24. The standard InChI is InChI=1S/C9H4Cl2F3N3O/c10-5-2-1-4(3-6(5)11)17-8(18)15-7(16-17)9(12,13)14/h1-3H,(H,15,16,18). The van der Waals surface area contributed by atoms with Crippen LogP contribution in [0.4, 0.5) is 13.2 Å². The molecule has 1 aromatic heterocycles. The average Bonchev–Trinajstić information content (AvgIpc) is 2.64. The minimum atomic E-state index is -4.72. The summed E-state index contributed by atoms with van der Waals surface area (Å²) >= 11 is 11.4. The van der Waals surface area contributed by atoms with E-state index in [1.165, 1.54) is 18.2 Å². The normalized spacial score (nSPS) is 11.8. The lowest BCUT2D eigenvalue weighted by atomic mass is 10.3. The van der Waals surface area contributed by atoms with Gasteiger partial charge in [-0.2, -0.15) is 17.9 Å². The van der Waals surface area contributed by atoms with E-state index < -0.39 is 17.7 Å². The fraction of sp³-hybridized carbons (Fsp3) is 0.111. The number of halogens is 5. The number of aromatic nitrogens is 3. The van der Waals surface area contributed by atoms with Gasteiger partial charge in [0.05, 0.1) is 15.7 Å². The van der Waals surface area contributed by atoms with Crippen LogP contribution in [-0.2, 0) is 6.18 Å². The third kappa shape index (κ3) is 2.37. The first-order valence-corrected chi connectivity index (χ1v) is 5.26. The van der Waals surface area contributed by atoms with Gasteiger partial charge in [-0.15, -0.1) is 5.10 Å². The Morgan fingerprint density at radius 1 is 1.22 bits per heavy atom. The summed E-state index contributed by atoms with van der Waals surface area (Å²) in [7, 11) is 0. The summed E-state index contributed by atoms with van der Waals surface area (Å²) < 4.78 is 37.6. The van der Waals surface area contributed by atoms with Crippen LogP contribution in [0, 0.1) is 0 Å². The molecule has 2 aromatic rings. The van der Waals surface area contributed by atoms with Gasteiger partial charge >= 0.3 is 11.9 Å². The van der Waals surface area contributed by atoms with Gasteiger partial charge in [0.15, 0.2) is 0 Å². The Morgan fingerprint density at radius 2 is 1.89 bits per heavy atom. The summed E-state index contributed by atoms with van der Waals surface area (Å²) in [6.07, 6.45) is -4.72. The number of hydrogen-bond donors (Lipinski definition) is 1. The van der Waals surface area contributed by atoms with E-state index >= 15 is 0 Å². The molecule has 0 saturated carbocycles. The fourth-order valence-corrected chi connectivity index (χ4v) is 1.54.